The van der Waals surface area contributed by atoms with Gasteiger partial charge in [-0.2, -0.15) is 5.10 Å². The fourth-order valence-corrected chi connectivity index (χ4v) is 1.37. The largest absolute Gasteiger partial charge is 0.477 e. The van der Waals surface area contributed by atoms with Crippen LogP contribution in [0.4, 0.5) is 0 Å². The highest BCUT2D eigenvalue weighted by molar-refractivity contribution is 5.85. The van der Waals surface area contributed by atoms with Crippen molar-refractivity contribution in [2.45, 2.75) is 6.54 Å². The van der Waals surface area contributed by atoms with E-state index in [1.807, 2.05) is 0 Å². The molecule has 6 nitrogen and oxygen atoms in total. The number of carboxylic acid groups (broad SMARTS) is 1. The predicted octanol–water partition coefficient (Wildman–Crippen LogP) is 0.385. The summed E-state index contributed by atoms with van der Waals surface area (Å²) < 4.78 is 1.25. The summed E-state index contributed by atoms with van der Waals surface area (Å²) in [5, 5.41) is 12.7. The summed E-state index contributed by atoms with van der Waals surface area (Å²) in [6, 6.07) is 6.01. The van der Waals surface area contributed by atoms with Crippen LogP contribution in [0.2, 0.25) is 0 Å². The van der Waals surface area contributed by atoms with Crippen molar-refractivity contribution >= 4 is 5.97 Å². The number of nitrogens with zero attached hydrogens (tertiary/aromatic N) is 3. The number of hydrogen-bond donors (Lipinski definition) is 1. The average molecular weight is 231 g/mol. The molecule has 0 bridgehead atoms. The van der Waals surface area contributed by atoms with Gasteiger partial charge in [0.05, 0.1) is 6.54 Å². The van der Waals surface area contributed by atoms with E-state index in [1.165, 1.54) is 29.2 Å². The highest BCUT2D eigenvalue weighted by Crippen LogP contribution is 2.02. The van der Waals surface area contributed by atoms with Crippen LogP contribution in [0.3, 0.4) is 0 Å². The summed E-state index contributed by atoms with van der Waals surface area (Å²) >= 11 is 0. The topological polar surface area (TPSA) is 85.1 Å². The number of hydrogen-bond acceptors (Lipinski definition) is 4. The van der Waals surface area contributed by atoms with Crippen LogP contribution in [0, 0.1) is 0 Å². The zero-order valence-electron chi connectivity index (χ0n) is 8.78. The Balaban J connectivity index is 2.31. The molecule has 0 atom stereocenters. The van der Waals surface area contributed by atoms with Gasteiger partial charge in [-0.15, -0.1) is 0 Å². The van der Waals surface area contributed by atoms with Crippen molar-refractivity contribution in [1.82, 2.24) is 14.8 Å². The molecule has 86 valence electrons. The van der Waals surface area contributed by atoms with Crippen LogP contribution in [0.1, 0.15) is 16.1 Å². The molecule has 0 amide bonds. The predicted molar refractivity (Wildman–Crippen MR) is 58.8 cm³/mol. The Morgan fingerprint density at radius 1 is 1.35 bits per heavy atom. The monoisotopic (exact) mass is 231 g/mol. The SMILES string of the molecule is O=C(O)c1cc(Cn2ncccc2=O)ccn1. The van der Waals surface area contributed by atoms with Crippen LogP contribution >= 0.6 is 0 Å². The molecular formula is C11H9N3O3. The molecule has 0 aromatic carbocycles. The molecule has 0 fully saturated rings. The fourth-order valence-electron chi connectivity index (χ4n) is 1.37. The van der Waals surface area contributed by atoms with Gasteiger partial charge in [-0.3, -0.25) is 4.79 Å². The van der Waals surface area contributed by atoms with Gasteiger partial charge in [-0.05, 0) is 23.8 Å². The first kappa shape index (κ1) is 11.0. The lowest BCUT2D eigenvalue weighted by Crippen LogP contribution is -2.21. The van der Waals surface area contributed by atoms with Crippen LogP contribution in [-0.2, 0) is 6.54 Å². The van der Waals surface area contributed by atoms with E-state index in [9.17, 15) is 9.59 Å². The Kier molecular flexibility index (Phi) is 2.95. The molecule has 0 radical (unpaired) electrons. The minimum Gasteiger partial charge on any atom is -0.477 e. The Morgan fingerprint density at radius 3 is 2.88 bits per heavy atom. The Bertz CT molecular complexity index is 607. The number of carboxylic acids is 1. The Morgan fingerprint density at radius 2 is 2.18 bits per heavy atom. The lowest BCUT2D eigenvalue weighted by molar-refractivity contribution is 0.0690. The molecular weight excluding hydrogens is 222 g/mol. The van der Waals surface area contributed by atoms with Gasteiger partial charge in [0, 0.05) is 18.5 Å². The Labute approximate surface area is 96.2 Å². The van der Waals surface area contributed by atoms with Gasteiger partial charge in [0.15, 0.2) is 0 Å². The second kappa shape index (κ2) is 4.56. The molecule has 2 aromatic rings. The highest BCUT2D eigenvalue weighted by Gasteiger charge is 2.05. The van der Waals surface area contributed by atoms with Crippen molar-refractivity contribution in [2.75, 3.05) is 0 Å². The van der Waals surface area contributed by atoms with E-state index in [0.29, 0.717) is 5.56 Å². The number of rotatable bonds is 3. The van der Waals surface area contributed by atoms with E-state index in [2.05, 4.69) is 10.1 Å². The fraction of sp³-hybridized carbons (Fsp3) is 0.0909. The summed E-state index contributed by atoms with van der Waals surface area (Å²) in [5.74, 6) is -1.10. The van der Waals surface area contributed by atoms with Gasteiger partial charge in [-0.25, -0.2) is 14.5 Å². The van der Waals surface area contributed by atoms with Gasteiger partial charge in [0.25, 0.3) is 5.56 Å². The smallest absolute Gasteiger partial charge is 0.354 e. The first-order valence-corrected chi connectivity index (χ1v) is 4.87. The van der Waals surface area contributed by atoms with Crippen molar-refractivity contribution in [3.8, 4) is 0 Å². The number of aromatic carboxylic acids is 1. The zero-order chi connectivity index (χ0) is 12.3. The van der Waals surface area contributed by atoms with Gasteiger partial charge >= 0.3 is 5.97 Å². The van der Waals surface area contributed by atoms with E-state index < -0.39 is 5.97 Å². The first-order chi connectivity index (χ1) is 8.16. The molecule has 0 aliphatic carbocycles. The van der Waals surface area contributed by atoms with Crippen molar-refractivity contribution < 1.29 is 9.90 Å². The van der Waals surface area contributed by atoms with Crippen LogP contribution in [0.15, 0.2) is 41.5 Å². The van der Waals surface area contributed by atoms with Crippen LogP contribution < -0.4 is 5.56 Å². The summed E-state index contributed by atoms with van der Waals surface area (Å²) in [4.78, 5) is 25.8. The Hall–Kier alpha value is -2.50. The van der Waals surface area contributed by atoms with Gasteiger partial charge in [-0.1, -0.05) is 0 Å². The third-order valence-corrected chi connectivity index (χ3v) is 2.16. The minimum absolute atomic E-state index is 0.0496. The second-order valence-corrected chi connectivity index (χ2v) is 3.37. The lowest BCUT2D eigenvalue weighted by atomic mass is 10.2. The van der Waals surface area contributed by atoms with Crippen LogP contribution in [-0.4, -0.2) is 25.8 Å². The van der Waals surface area contributed by atoms with Gasteiger partial charge in [0.1, 0.15) is 5.69 Å². The maximum Gasteiger partial charge on any atom is 0.354 e. The summed E-state index contributed by atoms with van der Waals surface area (Å²) in [7, 11) is 0. The summed E-state index contributed by atoms with van der Waals surface area (Å²) in [6.07, 6.45) is 2.90. The maximum absolute atomic E-state index is 11.4. The van der Waals surface area contributed by atoms with Crippen molar-refractivity contribution in [3.05, 3.63) is 58.3 Å². The minimum atomic E-state index is -1.10. The molecule has 6 heteroatoms. The molecule has 2 heterocycles. The maximum atomic E-state index is 11.4. The van der Waals surface area contributed by atoms with Gasteiger partial charge < -0.3 is 5.11 Å². The molecule has 0 spiro atoms. The van der Waals surface area contributed by atoms with Crippen LogP contribution in [0.25, 0.3) is 0 Å². The van der Waals surface area contributed by atoms with E-state index in [1.54, 1.807) is 12.1 Å². The summed E-state index contributed by atoms with van der Waals surface area (Å²) in [6.45, 7) is 0.225. The van der Waals surface area contributed by atoms with E-state index in [-0.39, 0.29) is 17.8 Å². The molecule has 1 N–H and O–H groups in total. The molecule has 0 saturated carbocycles. The van der Waals surface area contributed by atoms with Crippen molar-refractivity contribution in [3.63, 3.8) is 0 Å². The first-order valence-electron chi connectivity index (χ1n) is 4.87. The highest BCUT2D eigenvalue weighted by atomic mass is 16.4. The van der Waals surface area contributed by atoms with Crippen LogP contribution in [0.5, 0.6) is 0 Å². The third kappa shape index (κ3) is 2.54. The molecule has 0 saturated heterocycles. The normalized spacial score (nSPS) is 10.1. The zero-order valence-corrected chi connectivity index (χ0v) is 8.78. The molecule has 0 aliphatic rings. The van der Waals surface area contributed by atoms with Crippen molar-refractivity contribution in [1.29, 1.82) is 0 Å². The lowest BCUT2D eigenvalue weighted by Gasteiger charge is -2.03. The quantitative estimate of drug-likeness (QED) is 0.825. The standard InChI is InChI=1S/C11H9N3O3/c15-10-2-1-4-13-14(10)7-8-3-5-12-9(6-8)11(16)17/h1-6H,7H2,(H,16,17). The molecule has 0 unspecified atom stereocenters. The molecule has 0 aliphatic heterocycles. The van der Waals surface area contributed by atoms with E-state index in [0.717, 1.165) is 0 Å². The van der Waals surface area contributed by atoms with E-state index >= 15 is 0 Å². The van der Waals surface area contributed by atoms with E-state index in [4.69, 9.17) is 5.11 Å². The molecule has 17 heavy (non-hydrogen) atoms. The molecule has 2 aromatic heterocycles. The van der Waals surface area contributed by atoms with Gasteiger partial charge in [0.2, 0.25) is 0 Å². The second-order valence-electron chi connectivity index (χ2n) is 3.37. The number of pyridine rings is 1. The third-order valence-electron chi connectivity index (χ3n) is 2.16. The molecule has 2 rings (SSSR count). The van der Waals surface area contributed by atoms with Crippen molar-refractivity contribution in [2.24, 2.45) is 0 Å². The average Bonchev–Trinajstić information content (AvgIpc) is 2.32. The number of aromatic nitrogens is 3. The number of carbonyl (C=O) groups is 1. The summed E-state index contributed by atoms with van der Waals surface area (Å²) in [5.41, 5.74) is 0.380.